The van der Waals surface area contributed by atoms with Gasteiger partial charge in [0.25, 0.3) is 5.69 Å². The predicted octanol–water partition coefficient (Wildman–Crippen LogP) is 2.11. The average molecular weight is 238 g/mol. The van der Waals surface area contributed by atoms with Gasteiger partial charge in [-0.05, 0) is 31.9 Å². The maximum Gasteiger partial charge on any atom is 0.271 e. The van der Waals surface area contributed by atoms with E-state index in [0.717, 1.165) is 17.8 Å². The maximum atomic E-state index is 10.8. The second-order valence-electron chi connectivity index (χ2n) is 3.94. The van der Waals surface area contributed by atoms with Gasteiger partial charge in [-0.1, -0.05) is 0 Å². The Morgan fingerprint density at radius 2 is 2.12 bits per heavy atom. The highest BCUT2D eigenvalue weighted by molar-refractivity contribution is 5.55. The molecule has 0 atom stereocenters. The van der Waals surface area contributed by atoms with Crippen molar-refractivity contribution < 1.29 is 10.0 Å². The number of benzene rings is 1. The van der Waals surface area contributed by atoms with E-state index in [9.17, 15) is 10.1 Å². The van der Waals surface area contributed by atoms with E-state index in [0.29, 0.717) is 13.0 Å². The van der Waals surface area contributed by atoms with Gasteiger partial charge < -0.3 is 10.0 Å². The molecule has 17 heavy (non-hydrogen) atoms. The molecule has 0 heterocycles. The summed E-state index contributed by atoms with van der Waals surface area (Å²) in [6.45, 7) is 5.43. The van der Waals surface area contributed by atoms with Crippen molar-refractivity contribution in [3.63, 3.8) is 0 Å². The van der Waals surface area contributed by atoms with Crippen molar-refractivity contribution in [3.05, 3.63) is 33.9 Å². The molecule has 1 rings (SSSR count). The molecule has 0 aliphatic carbocycles. The molecule has 1 aromatic rings. The summed E-state index contributed by atoms with van der Waals surface area (Å²) in [5.41, 5.74) is 1.83. The van der Waals surface area contributed by atoms with Gasteiger partial charge in [-0.15, -0.1) is 0 Å². The van der Waals surface area contributed by atoms with Crippen LogP contribution >= 0.6 is 0 Å². The van der Waals surface area contributed by atoms with Gasteiger partial charge in [-0.2, -0.15) is 0 Å². The lowest BCUT2D eigenvalue weighted by Gasteiger charge is -2.22. The lowest BCUT2D eigenvalue weighted by atomic mass is 10.1. The third-order valence-corrected chi connectivity index (χ3v) is 2.59. The molecule has 0 fully saturated rings. The molecule has 1 N–H and O–H groups in total. The highest BCUT2D eigenvalue weighted by Crippen LogP contribution is 2.23. The van der Waals surface area contributed by atoms with E-state index in [2.05, 4.69) is 0 Å². The zero-order chi connectivity index (χ0) is 12.8. The number of hydrogen-bond acceptors (Lipinski definition) is 4. The van der Waals surface area contributed by atoms with Crippen LogP contribution in [0, 0.1) is 17.0 Å². The van der Waals surface area contributed by atoms with E-state index in [1.54, 1.807) is 12.1 Å². The molecule has 0 unspecified atom stereocenters. The largest absolute Gasteiger partial charge is 0.396 e. The van der Waals surface area contributed by atoms with Crippen LogP contribution in [0.4, 0.5) is 11.4 Å². The second-order valence-corrected chi connectivity index (χ2v) is 3.94. The van der Waals surface area contributed by atoms with Crippen molar-refractivity contribution in [1.29, 1.82) is 0 Å². The van der Waals surface area contributed by atoms with Crippen LogP contribution in [0.2, 0.25) is 0 Å². The maximum absolute atomic E-state index is 10.8. The van der Waals surface area contributed by atoms with Gasteiger partial charge in [0.1, 0.15) is 0 Å². The molecule has 0 amide bonds. The summed E-state index contributed by atoms with van der Waals surface area (Å²) >= 11 is 0. The van der Waals surface area contributed by atoms with E-state index >= 15 is 0 Å². The zero-order valence-corrected chi connectivity index (χ0v) is 10.2. The summed E-state index contributed by atoms with van der Waals surface area (Å²) in [4.78, 5) is 12.4. The van der Waals surface area contributed by atoms with Crippen LogP contribution in [0.5, 0.6) is 0 Å². The minimum absolute atomic E-state index is 0.113. The first-order valence-corrected chi connectivity index (χ1v) is 5.70. The number of aliphatic hydroxyl groups excluding tert-OH is 1. The van der Waals surface area contributed by atoms with Gasteiger partial charge in [0.15, 0.2) is 0 Å². The number of nitrogens with zero attached hydrogens (tertiary/aromatic N) is 2. The quantitative estimate of drug-likeness (QED) is 0.609. The molecule has 0 spiro atoms. The molecule has 94 valence electrons. The first-order valence-electron chi connectivity index (χ1n) is 5.70. The van der Waals surface area contributed by atoms with Crippen molar-refractivity contribution in [2.45, 2.75) is 20.3 Å². The van der Waals surface area contributed by atoms with E-state index in [-0.39, 0.29) is 17.2 Å². The van der Waals surface area contributed by atoms with Gasteiger partial charge in [0, 0.05) is 37.5 Å². The van der Waals surface area contributed by atoms with Crippen LogP contribution in [-0.4, -0.2) is 29.7 Å². The van der Waals surface area contributed by atoms with Crippen LogP contribution in [0.3, 0.4) is 0 Å². The average Bonchev–Trinajstić information content (AvgIpc) is 2.29. The zero-order valence-electron chi connectivity index (χ0n) is 10.2. The van der Waals surface area contributed by atoms with Crippen molar-refractivity contribution in [3.8, 4) is 0 Å². The number of non-ortho nitro benzene ring substituents is 1. The lowest BCUT2D eigenvalue weighted by molar-refractivity contribution is -0.384. The van der Waals surface area contributed by atoms with Crippen LogP contribution in [0.25, 0.3) is 0 Å². The molecular weight excluding hydrogens is 220 g/mol. The third kappa shape index (κ3) is 3.71. The van der Waals surface area contributed by atoms with Crippen LogP contribution in [0.1, 0.15) is 18.9 Å². The van der Waals surface area contributed by atoms with Crippen molar-refractivity contribution in [2.75, 3.05) is 24.6 Å². The van der Waals surface area contributed by atoms with E-state index in [4.69, 9.17) is 5.11 Å². The first kappa shape index (κ1) is 13.4. The Bertz CT molecular complexity index is 393. The number of aryl methyl sites for hydroxylation is 1. The molecule has 0 aromatic heterocycles. The summed E-state index contributed by atoms with van der Waals surface area (Å²) in [6, 6.07) is 5.06. The number of anilines is 1. The molecule has 0 saturated heterocycles. The van der Waals surface area contributed by atoms with Crippen molar-refractivity contribution in [1.82, 2.24) is 0 Å². The molecule has 0 aliphatic rings. The first-order chi connectivity index (χ1) is 8.08. The fourth-order valence-electron chi connectivity index (χ4n) is 1.76. The van der Waals surface area contributed by atoms with Gasteiger partial charge in [-0.25, -0.2) is 0 Å². The molecule has 0 bridgehead atoms. The van der Waals surface area contributed by atoms with Crippen molar-refractivity contribution in [2.24, 2.45) is 0 Å². The predicted molar refractivity (Wildman–Crippen MR) is 67.4 cm³/mol. The number of nitro benzene ring substituents is 1. The highest BCUT2D eigenvalue weighted by atomic mass is 16.6. The van der Waals surface area contributed by atoms with E-state index in [1.807, 2.05) is 24.8 Å². The fraction of sp³-hybridized carbons (Fsp3) is 0.500. The number of rotatable bonds is 6. The van der Waals surface area contributed by atoms with Crippen LogP contribution in [0.15, 0.2) is 18.2 Å². The summed E-state index contributed by atoms with van der Waals surface area (Å²) in [7, 11) is 0. The Morgan fingerprint density at radius 1 is 1.41 bits per heavy atom. The topological polar surface area (TPSA) is 66.6 Å². The standard InChI is InChI=1S/C12H18N2O3/c1-3-13(5-4-6-15)11-7-10(2)8-12(9-11)14(16)17/h7-9,15H,3-6H2,1-2H3. The SMILES string of the molecule is CCN(CCCO)c1cc(C)cc([N+](=O)[O-])c1. The van der Waals surface area contributed by atoms with Gasteiger partial charge in [0.2, 0.25) is 0 Å². The minimum atomic E-state index is -0.379. The third-order valence-electron chi connectivity index (χ3n) is 2.59. The number of hydrogen-bond donors (Lipinski definition) is 1. The Morgan fingerprint density at radius 3 is 2.65 bits per heavy atom. The molecule has 5 heteroatoms. The van der Waals surface area contributed by atoms with Gasteiger partial charge >= 0.3 is 0 Å². The normalized spacial score (nSPS) is 10.3. The van der Waals surface area contributed by atoms with E-state index in [1.165, 1.54) is 0 Å². The molecule has 0 saturated carbocycles. The molecule has 1 aromatic carbocycles. The molecular formula is C12H18N2O3. The van der Waals surface area contributed by atoms with Crippen molar-refractivity contribution >= 4 is 11.4 Å². The number of nitro groups is 1. The summed E-state index contributed by atoms with van der Waals surface area (Å²) in [5.74, 6) is 0. The summed E-state index contributed by atoms with van der Waals surface area (Å²) in [5, 5.41) is 19.6. The Balaban J connectivity index is 2.98. The van der Waals surface area contributed by atoms with Gasteiger partial charge in [0.05, 0.1) is 4.92 Å². The molecule has 0 radical (unpaired) electrons. The Labute approximate surface area is 101 Å². The monoisotopic (exact) mass is 238 g/mol. The fourth-order valence-corrected chi connectivity index (χ4v) is 1.76. The smallest absolute Gasteiger partial charge is 0.271 e. The molecule has 5 nitrogen and oxygen atoms in total. The number of aliphatic hydroxyl groups is 1. The second kappa shape index (κ2) is 6.20. The lowest BCUT2D eigenvalue weighted by Crippen LogP contribution is -2.24. The van der Waals surface area contributed by atoms with Crippen LogP contribution in [-0.2, 0) is 0 Å². The Kier molecular flexibility index (Phi) is 4.90. The van der Waals surface area contributed by atoms with E-state index < -0.39 is 0 Å². The molecule has 0 aliphatic heterocycles. The summed E-state index contributed by atoms with van der Waals surface area (Å²) in [6.07, 6.45) is 0.662. The Hall–Kier alpha value is -1.62. The highest BCUT2D eigenvalue weighted by Gasteiger charge is 2.11. The van der Waals surface area contributed by atoms with Gasteiger partial charge in [-0.3, -0.25) is 10.1 Å². The minimum Gasteiger partial charge on any atom is -0.396 e. The summed E-state index contributed by atoms with van der Waals surface area (Å²) < 4.78 is 0. The van der Waals surface area contributed by atoms with Crippen LogP contribution < -0.4 is 4.90 Å².